The Morgan fingerprint density at radius 1 is 0.708 bits per heavy atom. The fourth-order valence-electron chi connectivity index (χ4n) is 3.13. The van der Waals surface area contributed by atoms with Crippen molar-refractivity contribution in [2.75, 3.05) is 14.1 Å². The van der Waals surface area contributed by atoms with Crippen LogP contribution in [0.15, 0.2) is 30.3 Å². The standard InChI is InChI=1S/C22H39N.ClH/c1-21(23(2)3)17-13-10-8-6-4-5-7-9-11-14-18-22-19-15-12-16-20-22;/h12,15-16,19-21H,4-11,13-14,17-18H2,1-3H3;1H. The lowest BCUT2D eigenvalue weighted by Gasteiger charge is -2.16. The second-order valence-electron chi connectivity index (χ2n) is 7.54. The van der Waals surface area contributed by atoms with Gasteiger partial charge in [0.25, 0.3) is 0 Å². The number of hydrogen-bond donors (Lipinski definition) is 1. The highest BCUT2D eigenvalue weighted by Crippen LogP contribution is 2.13. The molecule has 2 heteroatoms. The third kappa shape index (κ3) is 12.8. The second-order valence-corrected chi connectivity index (χ2v) is 7.54. The highest BCUT2D eigenvalue weighted by molar-refractivity contribution is 5.14. The molecule has 1 atom stereocenters. The average Bonchev–Trinajstić information content (AvgIpc) is 2.56. The molecule has 0 fully saturated rings. The van der Waals surface area contributed by atoms with Gasteiger partial charge in [-0.1, -0.05) is 81.7 Å². The van der Waals surface area contributed by atoms with Crippen LogP contribution < -0.4 is 17.3 Å². The molecule has 0 amide bonds. The van der Waals surface area contributed by atoms with E-state index < -0.39 is 0 Å². The monoisotopic (exact) mass is 353 g/mol. The molecule has 140 valence electrons. The van der Waals surface area contributed by atoms with E-state index in [4.69, 9.17) is 0 Å². The van der Waals surface area contributed by atoms with Crippen molar-refractivity contribution in [3.05, 3.63) is 35.9 Å². The third-order valence-corrected chi connectivity index (χ3v) is 5.18. The number of benzene rings is 1. The van der Waals surface area contributed by atoms with Crippen LogP contribution in [0.1, 0.15) is 83.1 Å². The summed E-state index contributed by atoms with van der Waals surface area (Å²) >= 11 is 0. The van der Waals surface area contributed by atoms with Gasteiger partial charge in [0.15, 0.2) is 0 Å². The lowest BCUT2D eigenvalue weighted by molar-refractivity contribution is -0.883. The molecular weight excluding hydrogens is 314 g/mol. The SMILES string of the molecule is CC(CCCCCCCCCCCCc1ccccc1)[NH+](C)C.[Cl-]. The highest BCUT2D eigenvalue weighted by Gasteiger charge is 2.06. The van der Waals surface area contributed by atoms with Crippen LogP contribution in [0.5, 0.6) is 0 Å². The zero-order valence-electron chi connectivity index (χ0n) is 16.3. The summed E-state index contributed by atoms with van der Waals surface area (Å²) in [4.78, 5) is 1.59. The highest BCUT2D eigenvalue weighted by atomic mass is 35.5. The van der Waals surface area contributed by atoms with Gasteiger partial charge in [-0.3, -0.25) is 0 Å². The summed E-state index contributed by atoms with van der Waals surface area (Å²) in [6.45, 7) is 2.37. The first-order valence-corrected chi connectivity index (χ1v) is 10.0. The van der Waals surface area contributed by atoms with Crippen LogP contribution in [-0.2, 0) is 6.42 Å². The van der Waals surface area contributed by atoms with Gasteiger partial charge in [0.05, 0.1) is 20.1 Å². The summed E-state index contributed by atoms with van der Waals surface area (Å²) in [5.74, 6) is 0. The van der Waals surface area contributed by atoms with E-state index in [9.17, 15) is 0 Å². The number of aryl methyl sites for hydroxylation is 1. The van der Waals surface area contributed by atoms with Crippen molar-refractivity contribution in [3.8, 4) is 0 Å². The topological polar surface area (TPSA) is 4.44 Å². The maximum absolute atomic E-state index is 2.37. The number of quaternary nitrogens is 1. The molecule has 1 unspecified atom stereocenters. The minimum absolute atomic E-state index is 0. The summed E-state index contributed by atoms with van der Waals surface area (Å²) in [5, 5.41) is 0. The molecule has 0 heterocycles. The number of unbranched alkanes of at least 4 members (excludes halogenated alkanes) is 9. The zero-order chi connectivity index (χ0) is 16.8. The molecule has 0 spiro atoms. The van der Waals surface area contributed by atoms with Crippen molar-refractivity contribution in [1.29, 1.82) is 0 Å². The van der Waals surface area contributed by atoms with Crippen molar-refractivity contribution in [2.45, 2.75) is 90.0 Å². The average molecular weight is 354 g/mol. The Kier molecular flexibility index (Phi) is 15.6. The van der Waals surface area contributed by atoms with Gasteiger partial charge in [-0.05, 0) is 38.2 Å². The van der Waals surface area contributed by atoms with Crippen LogP contribution in [0, 0.1) is 0 Å². The first-order valence-electron chi connectivity index (χ1n) is 10.0. The van der Waals surface area contributed by atoms with Crippen molar-refractivity contribution >= 4 is 0 Å². The third-order valence-electron chi connectivity index (χ3n) is 5.18. The maximum Gasteiger partial charge on any atom is 0.0842 e. The fourth-order valence-corrected chi connectivity index (χ4v) is 3.13. The molecule has 1 aromatic carbocycles. The van der Waals surface area contributed by atoms with Crippen molar-refractivity contribution in [2.24, 2.45) is 0 Å². The second kappa shape index (κ2) is 16.0. The predicted octanol–water partition coefficient (Wildman–Crippen LogP) is 2.06. The molecule has 0 aliphatic heterocycles. The van der Waals surface area contributed by atoms with Gasteiger partial charge in [-0.15, -0.1) is 0 Å². The fraction of sp³-hybridized carbons (Fsp3) is 0.727. The maximum atomic E-state index is 2.37. The smallest absolute Gasteiger partial charge is 0.0842 e. The largest absolute Gasteiger partial charge is 1.00 e. The van der Waals surface area contributed by atoms with Gasteiger partial charge in [0, 0.05) is 0 Å². The van der Waals surface area contributed by atoms with Crippen LogP contribution >= 0.6 is 0 Å². The van der Waals surface area contributed by atoms with Gasteiger partial charge in [0.1, 0.15) is 0 Å². The molecule has 0 aromatic heterocycles. The van der Waals surface area contributed by atoms with Crippen LogP contribution in [0.4, 0.5) is 0 Å². The summed E-state index contributed by atoms with van der Waals surface area (Å²) in [7, 11) is 4.54. The molecule has 0 saturated carbocycles. The Bertz CT molecular complexity index is 363. The Labute approximate surface area is 157 Å². The van der Waals surface area contributed by atoms with E-state index >= 15 is 0 Å². The molecular formula is C22H40ClN. The molecule has 1 aromatic rings. The van der Waals surface area contributed by atoms with E-state index in [1.165, 1.54) is 82.6 Å². The number of hydrogen-bond acceptors (Lipinski definition) is 0. The minimum Gasteiger partial charge on any atom is -1.00 e. The van der Waals surface area contributed by atoms with Crippen LogP contribution in [0.2, 0.25) is 0 Å². The quantitative estimate of drug-likeness (QED) is 0.488. The molecule has 1 rings (SSSR count). The lowest BCUT2D eigenvalue weighted by atomic mass is 10.0. The summed E-state index contributed by atoms with van der Waals surface area (Å²) in [6, 6.07) is 11.7. The molecule has 0 radical (unpaired) electrons. The number of halogens is 1. The molecule has 0 saturated heterocycles. The van der Waals surface area contributed by atoms with Gasteiger partial charge in [0.2, 0.25) is 0 Å². The van der Waals surface area contributed by atoms with Crippen LogP contribution in [-0.4, -0.2) is 20.1 Å². The molecule has 1 nitrogen and oxygen atoms in total. The first-order chi connectivity index (χ1) is 11.2. The number of nitrogens with one attached hydrogen (secondary N) is 1. The Hall–Kier alpha value is -0.530. The summed E-state index contributed by atoms with van der Waals surface area (Å²) < 4.78 is 0. The van der Waals surface area contributed by atoms with Gasteiger partial charge < -0.3 is 17.3 Å². The molecule has 24 heavy (non-hydrogen) atoms. The predicted molar refractivity (Wildman–Crippen MR) is 103 cm³/mol. The summed E-state index contributed by atoms with van der Waals surface area (Å²) in [5.41, 5.74) is 1.50. The molecule has 0 aliphatic rings. The van der Waals surface area contributed by atoms with Crippen LogP contribution in [0.3, 0.4) is 0 Å². The van der Waals surface area contributed by atoms with E-state index in [0.717, 1.165) is 6.04 Å². The minimum atomic E-state index is 0. The van der Waals surface area contributed by atoms with Crippen molar-refractivity contribution in [3.63, 3.8) is 0 Å². The molecule has 0 aliphatic carbocycles. The van der Waals surface area contributed by atoms with Crippen molar-refractivity contribution in [1.82, 2.24) is 0 Å². The molecule has 0 bridgehead atoms. The Morgan fingerprint density at radius 3 is 1.67 bits per heavy atom. The van der Waals surface area contributed by atoms with Crippen LogP contribution in [0.25, 0.3) is 0 Å². The van der Waals surface area contributed by atoms with Crippen molar-refractivity contribution < 1.29 is 17.3 Å². The van der Waals surface area contributed by atoms with Gasteiger partial charge >= 0.3 is 0 Å². The van der Waals surface area contributed by atoms with E-state index in [-0.39, 0.29) is 12.4 Å². The van der Waals surface area contributed by atoms with E-state index in [1.807, 2.05) is 0 Å². The van der Waals surface area contributed by atoms with E-state index in [0.29, 0.717) is 0 Å². The summed E-state index contributed by atoms with van der Waals surface area (Å²) in [6.07, 6.45) is 16.9. The zero-order valence-corrected chi connectivity index (χ0v) is 17.1. The first kappa shape index (κ1) is 23.5. The van der Waals surface area contributed by atoms with Gasteiger partial charge in [-0.25, -0.2) is 0 Å². The Morgan fingerprint density at radius 2 is 1.17 bits per heavy atom. The normalized spacial score (nSPS) is 12.2. The molecule has 1 N–H and O–H groups in total. The van der Waals surface area contributed by atoms with Gasteiger partial charge in [-0.2, -0.15) is 0 Å². The van der Waals surface area contributed by atoms with E-state index in [1.54, 1.807) is 4.90 Å². The number of rotatable bonds is 14. The lowest BCUT2D eigenvalue weighted by Crippen LogP contribution is -3.09. The van der Waals surface area contributed by atoms with E-state index in [2.05, 4.69) is 51.4 Å². The Balaban J connectivity index is 0.00000529.